The number of nitrogens with zero attached hydrogens (tertiary/aromatic N) is 5. The maximum absolute atomic E-state index is 6.24. The highest BCUT2D eigenvalue weighted by Gasteiger charge is 2.55. The number of hydrogen-bond acceptors (Lipinski definition) is 8. The summed E-state index contributed by atoms with van der Waals surface area (Å²) >= 11 is 0. The first-order valence-electron chi connectivity index (χ1n) is 13.0. The van der Waals surface area contributed by atoms with Crippen molar-refractivity contribution in [3.05, 3.63) is 102 Å². The minimum atomic E-state index is -1.18. The summed E-state index contributed by atoms with van der Waals surface area (Å²) in [5.41, 5.74) is 5.00. The second kappa shape index (κ2) is 8.67. The van der Waals surface area contributed by atoms with Crippen LogP contribution in [0.2, 0.25) is 0 Å². The number of aromatic nitrogens is 5. The Kier molecular flexibility index (Phi) is 5.21. The third kappa shape index (κ3) is 3.59. The van der Waals surface area contributed by atoms with Crippen molar-refractivity contribution in [2.24, 2.45) is 5.10 Å². The highest BCUT2D eigenvalue weighted by atomic mass is 16.5. The van der Waals surface area contributed by atoms with Gasteiger partial charge in [-0.25, -0.2) is 9.99 Å². The third-order valence-electron chi connectivity index (χ3n) is 7.47. The van der Waals surface area contributed by atoms with E-state index in [0.29, 0.717) is 36.5 Å². The molecule has 0 saturated heterocycles. The monoisotopic (exact) mass is 520 g/mol. The van der Waals surface area contributed by atoms with Gasteiger partial charge in [0.2, 0.25) is 29.0 Å². The van der Waals surface area contributed by atoms with Gasteiger partial charge in [-0.1, -0.05) is 53.2 Å². The summed E-state index contributed by atoms with van der Waals surface area (Å²) in [7, 11) is 0. The number of para-hydroxylation sites is 1. The van der Waals surface area contributed by atoms with Crippen LogP contribution in [0.1, 0.15) is 47.3 Å². The van der Waals surface area contributed by atoms with E-state index >= 15 is 0 Å². The predicted octanol–water partition coefficient (Wildman–Crippen LogP) is 4.83. The number of nitrogens with one attached hydrogen (secondary N) is 3. The number of hydrogen-bond donors (Lipinski definition) is 3. The number of fused-ring (bicyclic) bond motifs is 3. The zero-order valence-electron chi connectivity index (χ0n) is 21.9. The molecule has 2 aliphatic heterocycles. The zero-order valence-corrected chi connectivity index (χ0v) is 21.9. The molecular weight excluding hydrogens is 492 g/mol. The van der Waals surface area contributed by atoms with E-state index in [4.69, 9.17) is 19.3 Å². The van der Waals surface area contributed by atoms with Crippen LogP contribution in [0, 0.1) is 13.8 Å². The van der Waals surface area contributed by atoms with Gasteiger partial charge in [0.15, 0.2) is 0 Å². The largest absolute Gasteiger partial charge is 0.421 e. The Bertz CT molecular complexity index is 1740. The van der Waals surface area contributed by atoms with Crippen LogP contribution in [-0.4, -0.2) is 42.5 Å². The van der Waals surface area contributed by atoms with E-state index in [9.17, 15) is 0 Å². The Morgan fingerprint density at radius 2 is 1.92 bits per heavy atom. The Morgan fingerprint density at radius 1 is 1.10 bits per heavy atom. The fraction of sp³-hybridized carbons (Fsp3) is 0.241. The fourth-order valence-corrected chi connectivity index (χ4v) is 5.52. The highest BCUT2D eigenvalue weighted by Crippen LogP contribution is 2.44. The first-order chi connectivity index (χ1) is 19.0. The molecule has 10 nitrogen and oxygen atoms in total. The molecule has 39 heavy (non-hydrogen) atoms. The molecule has 0 aliphatic carbocycles. The lowest BCUT2D eigenvalue weighted by atomic mass is 9.82. The molecule has 0 fully saturated rings. The molecule has 10 heteroatoms. The van der Waals surface area contributed by atoms with Gasteiger partial charge in [-0.3, -0.25) is 5.32 Å². The van der Waals surface area contributed by atoms with Gasteiger partial charge in [0.1, 0.15) is 5.82 Å². The van der Waals surface area contributed by atoms with Crippen molar-refractivity contribution < 1.29 is 9.26 Å². The molecule has 196 valence electrons. The molecule has 0 bridgehead atoms. The highest BCUT2D eigenvalue weighted by molar-refractivity contribution is 5.96. The molecular formula is C29H28N8O2. The lowest BCUT2D eigenvalue weighted by Crippen LogP contribution is -2.56. The van der Waals surface area contributed by atoms with E-state index < -0.39 is 5.54 Å². The zero-order chi connectivity index (χ0) is 26.7. The minimum Gasteiger partial charge on any atom is -0.421 e. The summed E-state index contributed by atoms with van der Waals surface area (Å²) in [5.74, 6) is 2.44. The lowest BCUT2D eigenvalue weighted by molar-refractivity contribution is 0.257. The summed E-state index contributed by atoms with van der Waals surface area (Å²) in [6, 6.07) is 16.4. The standard InChI is InChI=1S/C29H28N8O2/c1-5-37-18(4)38-28(35-37)29(27-31-17(3)39-36-27)25-21(20-8-6-7-9-22(20)32-25)14-23(34-29)26-30-15-24(33-26)19-12-10-16(2)11-13-19/h6-13,15,23,32,34H,4-5,14H2,1-3H3,(H,30,33)/t23-,29?/m1/s1. The van der Waals surface area contributed by atoms with Crippen LogP contribution < -0.4 is 5.32 Å². The Morgan fingerprint density at radius 3 is 2.67 bits per heavy atom. The number of benzene rings is 2. The van der Waals surface area contributed by atoms with E-state index in [2.05, 4.69) is 75.3 Å². The van der Waals surface area contributed by atoms with Crippen LogP contribution in [0.15, 0.2) is 76.8 Å². The van der Waals surface area contributed by atoms with Gasteiger partial charge in [-0.05, 0) is 44.0 Å². The van der Waals surface area contributed by atoms with Crippen LogP contribution >= 0.6 is 0 Å². The van der Waals surface area contributed by atoms with E-state index in [-0.39, 0.29) is 6.04 Å². The maximum atomic E-state index is 6.24. The molecule has 3 N–H and O–H groups in total. The quantitative estimate of drug-likeness (QED) is 0.304. The first kappa shape index (κ1) is 23.4. The molecule has 0 spiro atoms. The van der Waals surface area contributed by atoms with E-state index in [1.54, 1.807) is 11.9 Å². The Hall–Kier alpha value is -4.70. The summed E-state index contributed by atoms with van der Waals surface area (Å²) in [6.07, 6.45) is 2.54. The van der Waals surface area contributed by atoms with Crippen LogP contribution in [0.3, 0.4) is 0 Å². The lowest BCUT2D eigenvalue weighted by Gasteiger charge is -2.38. The Balaban J connectivity index is 1.43. The third-order valence-corrected chi connectivity index (χ3v) is 7.47. The maximum Gasteiger partial charge on any atom is 0.248 e. The molecule has 2 aromatic carbocycles. The minimum absolute atomic E-state index is 0.245. The summed E-state index contributed by atoms with van der Waals surface area (Å²) in [6.45, 7) is 10.5. The van der Waals surface area contributed by atoms with Crippen molar-refractivity contribution in [2.75, 3.05) is 6.54 Å². The van der Waals surface area contributed by atoms with Gasteiger partial charge in [-0.2, -0.15) is 4.98 Å². The second-order valence-corrected chi connectivity index (χ2v) is 9.98. The van der Waals surface area contributed by atoms with Crippen LogP contribution in [-0.2, 0) is 16.7 Å². The van der Waals surface area contributed by atoms with Gasteiger partial charge in [0.05, 0.1) is 23.6 Å². The number of hydrazone groups is 1. The molecule has 7 rings (SSSR count). The summed E-state index contributed by atoms with van der Waals surface area (Å²) < 4.78 is 11.7. The van der Waals surface area contributed by atoms with Gasteiger partial charge < -0.3 is 19.2 Å². The van der Waals surface area contributed by atoms with Gasteiger partial charge in [0.25, 0.3) is 0 Å². The van der Waals surface area contributed by atoms with E-state index in [1.165, 1.54) is 5.56 Å². The molecule has 2 atom stereocenters. The second-order valence-electron chi connectivity index (χ2n) is 9.98. The molecule has 5 aromatic rings. The average molecular weight is 521 g/mol. The van der Waals surface area contributed by atoms with Crippen molar-refractivity contribution in [2.45, 2.75) is 38.8 Å². The van der Waals surface area contributed by atoms with Crippen molar-refractivity contribution in [1.29, 1.82) is 0 Å². The van der Waals surface area contributed by atoms with E-state index in [1.807, 2.05) is 25.3 Å². The average Bonchev–Trinajstić information content (AvgIpc) is 3.74. The topological polar surface area (TPSA) is 120 Å². The smallest absolute Gasteiger partial charge is 0.248 e. The molecule has 0 saturated carbocycles. The van der Waals surface area contributed by atoms with Crippen molar-refractivity contribution in [1.82, 2.24) is 35.4 Å². The van der Waals surface area contributed by atoms with Gasteiger partial charge in [0, 0.05) is 24.4 Å². The molecule has 0 amide bonds. The molecule has 3 aromatic heterocycles. The van der Waals surface area contributed by atoms with Crippen molar-refractivity contribution in [3.63, 3.8) is 0 Å². The number of aromatic amines is 2. The summed E-state index contributed by atoms with van der Waals surface area (Å²) in [4.78, 5) is 16.7. The molecule has 2 aliphatic rings. The van der Waals surface area contributed by atoms with Crippen LogP contribution in [0.25, 0.3) is 22.2 Å². The predicted molar refractivity (Wildman–Crippen MR) is 146 cm³/mol. The number of aryl methyl sites for hydroxylation is 2. The molecule has 1 unspecified atom stereocenters. The Labute approximate surface area is 224 Å². The molecule has 0 radical (unpaired) electrons. The fourth-order valence-electron chi connectivity index (χ4n) is 5.52. The van der Waals surface area contributed by atoms with Gasteiger partial charge in [-0.15, -0.1) is 5.10 Å². The number of H-pyrrole nitrogens is 2. The summed E-state index contributed by atoms with van der Waals surface area (Å²) in [5, 5.41) is 15.8. The SMILES string of the molecule is C=C1OC(C2(c3noc(C)n3)N[C@@H](c3ncc(-c4ccc(C)cc4)[nH]3)Cc3c2[nH]c2ccccc32)=NN1CC. The number of ether oxygens (including phenoxy) is 1. The normalized spacial score (nSPS) is 20.8. The number of imidazole rings is 1. The van der Waals surface area contributed by atoms with Crippen molar-refractivity contribution >= 4 is 16.8 Å². The van der Waals surface area contributed by atoms with Crippen LogP contribution in [0.4, 0.5) is 0 Å². The van der Waals surface area contributed by atoms with Crippen LogP contribution in [0.5, 0.6) is 0 Å². The number of rotatable bonds is 5. The van der Waals surface area contributed by atoms with Crippen molar-refractivity contribution in [3.8, 4) is 11.3 Å². The van der Waals surface area contributed by atoms with E-state index in [0.717, 1.165) is 39.2 Å². The molecule has 5 heterocycles. The first-order valence-corrected chi connectivity index (χ1v) is 13.0. The van der Waals surface area contributed by atoms with Gasteiger partial charge >= 0.3 is 0 Å².